The molecular formula is C16H24N4OS. The van der Waals surface area contributed by atoms with Gasteiger partial charge in [-0.15, -0.1) is 11.3 Å². The number of rotatable bonds is 6. The molecule has 0 bridgehead atoms. The smallest absolute Gasteiger partial charge is 0.243 e. The average molecular weight is 320 g/mol. The van der Waals surface area contributed by atoms with Crippen LogP contribution in [0.5, 0.6) is 0 Å². The zero-order valence-electron chi connectivity index (χ0n) is 13.4. The molecule has 120 valence electrons. The van der Waals surface area contributed by atoms with Crippen molar-refractivity contribution in [1.29, 1.82) is 0 Å². The molecular weight excluding hydrogens is 296 g/mol. The van der Waals surface area contributed by atoms with Gasteiger partial charge in [-0.2, -0.15) is 4.98 Å². The molecule has 3 rings (SSSR count). The second-order valence-electron chi connectivity index (χ2n) is 5.79. The molecule has 1 aliphatic rings. The molecule has 1 fully saturated rings. The van der Waals surface area contributed by atoms with Crippen molar-refractivity contribution in [2.24, 2.45) is 0 Å². The number of aromatic nitrogens is 2. The molecule has 0 spiro atoms. The fourth-order valence-corrected chi connectivity index (χ4v) is 3.53. The monoisotopic (exact) mass is 320 g/mol. The van der Waals surface area contributed by atoms with Crippen LogP contribution in [-0.2, 0) is 12.8 Å². The van der Waals surface area contributed by atoms with E-state index >= 15 is 0 Å². The zero-order valence-corrected chi connectivity index (χ0v) is 14.2. The van der Waals surface area contributed by atoms with Gasteiger partial charge in [-0.3, -0.25) is 4.90 Å². The van der Waals surface area contributed by atoms with Gasteiger partial charge in [-0.1, -0.05) is 18.1 Å². The first-order valence-corrected chi connectivity index (χ1v) is 8.95. The van der Waals surface area contributed by atoms with Gasteiger partial charge in [0.2, 0.25) is 5.89 Å². The van der Waals surface area contributed by atoms with Crippen molar-refractivity contribution in [2.75, 3.05) is 32.7 Å². The van der Waals surface area contributed by atoms with Crippen LogP contribution in [0.3, 0.4) is 0 Å². The van der Waals surface area contributed by atoms with Crippen molar-refractivity contribution in [3.8, 4) is 0 Å². The predicted octanol–water partition coefficient (Wildman–Crippen LogP) is 2.61. The summed E-state index contributed by atoms with van der Waals surface area (Å²) in [6, 6.07) is 4.57. The number of piperazine rings is 1. The number of hydrogen-bond donors (Lipinski definition) is 0. The number of hydrogen-bond acceptors (Lipinski definition) is 6. The highest BCUT2D eigenvalue weighted by Crippen LogP contribution is 2.20. The zero-order chi connectivity index (χ0) is 15.4. The third kappa shape index (κ3) is 3.74. The maximum Gasteiger partial charge on any atom is 0.243 e. The molecule has 3 heterocycles. The molecule has 0 aromatic carbocycles. The Morgan fingerprint density at radius 3 is 2.77 bits per heavy atom. The highest BCUT2D eigenvalue weighted by Gasteiger charge is 2.25. The Balaban J connectivity index is 1.46. The Labute approximate surface area is 135 Å². The maximum absolute atomic E-state index is 5.38. The molecule has 1 unspecified atom stereocenters. The van der Waals surface area contributed by atoms with Crippen molar-refractivity contribution in [3.05, 3.63) is 34.1 Å². The molecule has 1 atom stereocenters. The van der Waals surface area contributed by atoms with E-state index < -0.39 is 0 Å². The Hall–Kier alpha value is -1.24. The largest absolute Gasteiger partial charge is 0.338 e. The first kappa shape index (κ1) is 15.6. The van der Waals surface area contributed by atoms with E-state index in [1.807, 2.05) is 18.3 Å². The van der Waals surface area contributed by atoms with E-state index in [1.54, 1.807) is 0 Å². The molecule has 0 amide bonds. The van der Waals surface area contributed by atoms with Crippen LogP contribution in [0, 0.1) is 0 Å². The van der Waals surface area contributed by atoms with Crippen LogP contribution in [0.15, 0.2) is 22.0 Å². The number of nitrogens with zero attached hydrogens (tertiary/aromatic N) is 4. The highest BCUT2D eigenvalue weighted by molar-refractivity contribution is 7.09. The van der Waals surface area contributed by atoms with Crippen LogP contribution >= 0.6 is 11.3 Å². The third-order valence-electron chi connectivity index (χ3n) is 4.37. The van der Waals surface area contributed by atoms with E-state index in [2.05, 4.69) is 44.4 Å². The van der Waals surface area contributed by atoms with Gasteiger partial charge in [0.1, 0.15) is 0 Å². The van der Waals surface area contributed by atoms with E-state index in [0.29, 0.717) is 0 Å². The van der Waals surface area contributed by atoms with Gasteiger partial charge in [0.05, 0.1) is 6.04 Å². The van der Waals surface area contributed by atoms with Gasteiger partial charge in [-0.05, 0) is 24.8 Å². The Bertz CT molecular complexity index is 560. The standard InChI is InChI=1S/C16H24N4OS/c1-3-15-17-16(21-18-15)13(2)20-10-8-19(9-11-20)7-6-14-5-4-12-22-14/h4-5,12-13H,3,6-11H2,1-2H3. The van der Waals surface area contributed by atoms with Crippen molar-refractivity contribution in [2.45, 2.75) is 32.7 Å². The lowest BCUT2D eigenvalue weighted by atomic mass is 10.2. The summed E-state index contributed by atoms with van der Waals surface area (Å²) >= 11 is 1.85. The summed E-state index contributed by atoms with van der Waals surface area (Å²) in [6.45, 7) is 9.73. The van der Waals surface area contributed by atoms with E-state index in [9.17, 15) is 0 Å². The molecule has 0 aliphatic carbocycles. The van der Waals surface area contributed by atoms with E-state index in [1.165, 1.54) is 4.88 Å². The molecule has 0 saturated carbocycles. The molecule has 0 radical (unpaired) electrons. The lowest BCUT2D eigenvalue weighted by molar-refractivity contribution is 0.0891. The Kier molecular flexibility index (Phi) is 5.23. The van der Waals surface area contributed by atoms with Gasteiger partial charge < -0.3 is 9.42 Å². The fourth-order valence-electron chi connectivity index (χ4n) is 2.83. The summed E-state index contributed by atoms with van der Waals surface area (Å²) in [7, 11) is 0. The van der Waals surface area contributed by atoms with Crippen LogP contribution in [0.4, 0.5) is 0 Å². The van der Waals surface area contributed by atoms with Crippen molar-refractivity contribution < 1.29 is 4.52 Å². The van der Waals surface area contributed by atoms with Gasteiger partial charge in [-0.25, -0.2) is 0 Å². The predicted molar refractivity (Wildman–Crippen MR) is 88.1 cm³/mol. The van der Waals surface area contributed by atoms with Crippen molar-refractivity contribution >= 4 is 11.3 Å². The van der Waals surface area contributed by atoms with Gasteiger partial charge in [0.15, 0.2) is 5.82 Å². The summed E-state index contributed by atoms with van der Waals surface area (Å²) in [4.78, 5) is 10.9. The Morgan fingerprint density at radius 1 is 1.32 bits per heavy atom. The van der Waals surface area contributed by atoms with E-state index in [4.69, 9.17) is 4.52 Å². The summed E-state index contributed by atoms with van der Waals surface area (Å²) in [5, 5.41) is 6.16. The van der Waals surface area contributed by atoms with Gasteiger partial charge >= 0.3 is 0 Å². The minimum Gasteiger partial charge on any atom is -0.338 e. The maximum atomic E-state index is 5.38. The second kappa shape index (κ2) is 7.35. The van der Waals surface area contributed by atoms with Crippen molar-refractivity contribution in [1.82, 2.24) is 19.9 Å². The summed E-state index contributed by atoms with van der Waals surface area (Å²) < 4.78 is 5.38. The minimum atomic E-state index is 0.215. The lowest BCUT2D eigenvalue weighted by Gasteiger charge is -2.36. The molecule has 6 heteroatoms. The van der Waals surface area contributed by atoms with Gasteiger partial charge in [0, 0.05) is 44.0 Å². The Morgan fingerprint density at radius 2 is 2.14 bits per heavy atom. The average Bonchev–Trinajstić information content (AvgIpc) is 3.24. The van der Waals surface area contributed by atoms with Crippen LogP contribution in [0.1, 0.15) is 36.5 Å². The first-order valence-electron chi connectivity index (χ1n) is 8.07. The molecule has 5 nitrogen and oxygen atoms in total. The minimum absolute atomic E-state index is 0.215. The number of thiophene rings is 1. The van der Waals surface area contributed by atoms with Crippen LogP contribution in [0.2, 0.25) is 0 Å². The first-order chi connectivity index (χ1) is 10.8. The van der Waals surface area contributed by atoms with E-state index in [-0.39, 0.29) is 6.04 Å². The summed E-state index contributed by atoms with van der Waals surface area (Å²) in [5.74, 6) is 1.56. The third-order valence-corrected chi connectivity index (χ3v) is 5.30. The lowest BCUT2D eigenvalue weighted by Crippen LogP contribution is -2.47. The van der Waals surface area contributed by atoms with Gasteiger partial charge in [0.25, 0.3) is 0 Å². The summed E-state index contributed by atoms with van der Waals surface area (Å²) in [6.07, 6.45) is 1.99. The normalized spacial score (nSPS) is 18.6. The number of aryl methyl sites for hydroxylation is 1. The van der Waals surface area contributed by atoms with E-state index in [0.717, 1.165) is 57.3 Å². The fraction of sp³-hybridized carbons (Fsp3) is 0.625. The molecule has 1 saturated heterocycles. The highest BCUT2D eigenvalue weighted by atomic mass is 32.1. The quantitative estimate of drug-likeness (QED) is 0.819. The van der Waals surface area contributed by atoms with Crippen LogP contribution < -0.4 is 0 Å². The second-order valence-corrected chi connectivity index (χ2v) is 6.82. The molecule has 2 aromatic heterocycles. The molecule has 2 aromatic rings. The van der Waals surface area contributed by atoms with Crippen molar-refractivity contribution in [3.63, 3.8) is 0 Å². The topological polar surface area (TPSA) is 45.4 Å². The molecule has 22 heavy (non-hydrogen) atoms. The summed E-state index contributed by atoms with van der Waals surface area (Å²) in [5.41, 5.74) is 0. The molecule has 1 aliphatic heterocycles. The van der Waals surface area contributed by atoms with Crippen LogP contribution in [-0.4, -0.2) is 52.7 Å². The van der Waals surface area contributed by atoms with Crippen LogP contribution in [0.25, 0.3) is 0 Å². The SMILES string of the molecule is CCc1noc(C(C)N2CCN(CCc3cccs3)CC2)n1. The molecule has 0 N–H and O–H groups in total.